The van der Waals surface area contributed by atoms with E-state index in [1.807, 2.05) is 30.3 Å². The first kappa shape index (κ1) is 11.2. The lowest BCUT2D eigenvalue weighted by atomic mass is 10.3. The third-order valence-electron chi connectivity index (χ3n) is 2.40. The number of carbonyl (C=O) groups is 1. The summed E-state index contributed by atoms with van der Waals surface area (Å²) in [5, 5.41) is 12.9. The molecule has 0 aliphatic carbocycles. The van der Waals surface area contributed by atoms with Gasteiger partial charge in [-0.3, -0.25) is 4.79 Å². The van der Waals surface area contributed by atoms with E-state index >= 15 is 0 Å². The van der Waals surface area contributed by atoms with E-state index in [1.54, 1.807) is 29.0 Å². The molecule has 1 aromatic heterocycles. The topological polar surface area (TPSA) is 58.4 Å². The molecule has 2 rings (SSSR count). The number of nitrogens with zero attached hydrogens (tertiary/aromatic N) is 3. The number of aromatic nitrogens is 2. The molecular formula is C12H13N3O2. The molecule has 1 heterocycles. The Hall–Kier alpha value is -2.30. The standard InChI is InChI=1S/C12H13N3O2/c1-14(9-12(16)17)11-7-13-15(8-11)10-5-3-2-4-6-10/h2-8H,9H2,1H3,(H,16,17). The fraction of sp³-hybridized carbons (Fsp3) is 0.167. The Kier molecular flexibility index (Phi) is 3.09. The molecule has 1 aromatic carbocycles. The maximum absolute atomic E-state index is 10.6. The van der Waals surface area contributed by atoms with Crippen LogP contribution in [0.4, 0.5) is 5.69 Å². The van der Waals surface area contributed by atoms with Crippen LogP contribution in [0.15, 0.2) is 42.7 Å². The summed E-state index contributed by atoms with van der Waals surface area (Å²) in [7, 11) is 1.72. The van der Waals surface area contributed by atoms with E-state index in [2.05, 4.69) is 5.10 Å². The number of likely N-dealkylation sites (N-methyl/N-ethyl adjacent to an activating group) is 1. The van der Waals surface area contributed by atoms with Gasteiger partial charge in [-0.1, -0.05) is 18.2 Å². The molecule has 5 heteroatoms. The lowest BCUT2D eigenvalue weighted by Crippen LogP contribution is -2.24. The lowest BCUT2D eigenvalue weighted by molar-refractivity contribution is -0.135. The normalized spacial score (nSPS) is 10.2. The SMILES string of the molecule is CN(CC(=O)O)c1cnn(-c2ccccc2)c1. The molecule has 0 radical (unpaired) electrons. The quantitative estimate of drug-likeness (QED) is 0.864. The predicted octanol–water partition coefficient (Wildman–Crippen LogP) is 1.39. The van der Waals surface area contributed by atoms with Crippen molar-refractivity contribution in [3.63, 3.8) is 0 Å². The molecule has 5 nitrogen and oxygen atoms in total. The summed E-state index contributed by atoms with van der Waals surface area (Å²) in [6.07, 6.45) is 3.45. The minimum absolute atomic E-state index is 0.0412. The summed E-state index contributed by atoms with van der Waals surface area (Å²) in [5.41, 5.74) is 1.72. The van der Waals surface area contributed by atoms with Crippen molar-refractivity contribution in [2.45, 2.75) is 0 Å². The molecule has 0 fully saturated rings. The second-order valence-electron chi connectivity index (χ2n) is 3.73. The van der Waals surface area contributed by atoms with E-state index in [9.17, 15) is 4.79 Å². The predicted molar refractivity (Wildman–Crippen MR) is 64.5 cm³/mol. The molecular weight excluding hydrogens is 218 g/mol. The Morgan fingerprint density at radius 1 is 1.41 bits per heavy atom. The highest BCUT2D eigenvalue weighted by Gasteiger charge is 2.08. The van der Waals surface area contributed by atoms with Crippen LogP contribution in [-0.2, 0) is 4.79 Å². The zero-order chi connectivity index (χ0) is 12.3. The van der Waals surface area contributed by atoms with Gasteiger partial charge in [-0.15, -0.1) is 0 Å². The minimum atomic E-state index is -0.861. The Balaban J connectivity index is 2.19. The molecule has 0 amide bonds. The Morgan fingerprint density at radius 3 is 2.76 bits per heavy atom. The molecule has 1 N–H and O–H groups in total. The van der Waals surface area contributed by atoms with Gasteiger partial charge in [0, 0.05) is 7.05 Å². The Bertz CT molecular complexity index is 507. The van der Waals surface area contributed by atoms with Crippen LogP contribution in [0.1, 0.15) is 0 Å². The minimum Gasteiger partial charge on any atom is -0.480 e. The van der Waals surface area contributed by atoms with Crippen molar-refractivity contribution in [2.24, 2.45) is 0 Å². The van der Waals surface area contributed by atoms with Gasteiger partial charge in [0.2, 0.25) is 0 Å². The second-order valence-corrected chi connectivity index (χ2v) is 3.73. The van der Waals surface area contributed by atoms with E-state index in [0.29, 0.717) is 0 Å². The van der Waals surface area contributed by atoms with Gasteiger partial charge in [0.15, 0.2) is 0 Å². The van der Waals surface area contributed by atoms with Crippen LogP contribution in [-0.4, -0.2) is 34.4 Å². The second kappa shape index (κ2) is 4.69. The molecule has 0 aliphatic heterocycles. The number of para-hydroxylation sites is 1. The average molecular weight is 231 g/mol. The largest absolute Gasteiger partial charge is 0.480 e. The van der Waals surface area contributed by atoms with Gasteiger partial charge in [-0.05, 0) is 12.1 Å². The molecule has 0 unspecified atom stereocenters. The van der Waals surface area contributed by atoms with Crippen LogP contribution in [0, 0.1) is 0 Å². The maximum Gasteiger partial charge on any atom is 0.323 e. The van der Waals surface area contributed by atoms with E-state index in [4.69, 9.17) is 5.11 Å². The maximum atomic E-state index is 10.6. The van der Waals surface area contributed by atoms with Crippen molar-refractivity contribution in [1.29, 1.82) is 0 Å². The van der Waals surface area contributed by atoms with Crippen molar-refractivity contribution in [3.8, 4) is 5.69 Å². The highest BCUT2D eigenvalue weighted by atomic mass is 16.4. The van der Waals surface area contributed by atoms with Crippen LogP contribution >= 0.6 is 0 Å². The number of hydrogen-bond acceptors (Lipinski definition) is 3. The van der Waals surface area contributed by atoms with Crippen LogP contribution in [0.3, 0.4) is 0 Å². The summed E-state index contributed by atoms with van der Waals surface area (Å²) in [4.78, 5) is 12.2. The Labute approximate surface area is 98.9 Å². The average Bonchev–Trinajstić information content (AvgIpc) is 2.78. The summed E-state index contributed by atoms with van der Waals surface area (Å²) < 4.78 is 1.72. The Morgan fingerprint density at radius 2 is 2.12 bits per heavy atom. The van der Waals surface area contributed by atoms with Crippen molar-refractivity contribution >= 4 is 11.7 Å². The number of hydrogen-bond donors (Lipinski definition) is 1. The molecule has 0 atom stereocenters. The van der Waals surface area contributed by atoms with E-state index in [0.717, 1.165) is 11.4 Å². The molecule has 2 aromatic rings. The van der Waals surface area contributed by atoms with Gasteiger partial charge < -0.3 is 10.0 Å². The molecule has 17 heavy (non-hydrogen) atoms. The number of carboxylic acids is 1. The van der Waals surface area contributed by atoms with Crippen molar-refractivity contribution in [1.82, 2.24) is 9.78 Å². The molecule has 0 saturated carbocycles. The molecule has 0 spiro atoms. The van der Waals surface area contributed by atoms with Gasteiger partial charge in [-0.25, -0.2) is 4.68 Å². The summed E-state index contributed by atoms with van der Waals surface area (Å²) in [5.74, 6) is -0.861. The van der Waals surface area contributed by atoms with E-state index in [-0.39, 0.29) is 6.54 Å². The number of aliphatic carboxylic acids is 1. The first-order valence-electron chi connectivity index (χ1n) is 5.20. The number of anilines is 1. The fourth-order valence-electron chi connectivity index (χ4n) is 1.53. The van der Waals surface area contributed by atoms with E-state index in [1.165, 1.54) is 0 Å². The summed E-state index contributed by atoms with van der Waals surface area (Å²) in [6, 6.07) is 9.67. The first-order valence-corrected chi connectivity index (χ1v) is 5.20. The highest BCUT2D eigenvalue weighted by Crippen LogP contribution is 2.14. The molecule has 0 saturated heterocycles. The van der Waals surface area contributed by atoms with Crippen molar-refractivity contribution in [2.75, 3.05) is 18.5 Å². The third-order valence-corrected chi connectivity index (χ3v) is 2.40. The van der Waals surface area contributed by atoms with Crippen LogP contribution in [0.5, 0.6) is 0 Å². The summed E-state index contributed by atoms with van der Waals surface area (Å²) >= 11 is 0. The summed E-state index contributed by atoms with van der Waals surface area (Å²) in [6.45, 7) is -0.0412. The number of benzene rings is 1. The van der Waals surface area contributed by atoms with Crippen LogP contribution in [0.25, 0.3) is 5.69 Å². The smallest absolute Gasteiger partial charge is 0.323 e. The van der Waals surface area contributed by atoms with Gasteiger partial charge in [0.25, 0.3) is 0 Å². The van der Waals surface area contributed by atoms with Crippen LogP contribution in [0.2, 0.25) is 0 Å². The van der Waals surface area contributed by atoms with Crippen molar-refractivity contribution in [3.05, 3.63) is 42.7 Å². The molecule has 0 aliphatic rings. The zero-order valence-corrected chi connectivity index (χ0v) is 9.45. The molecule has 88 valence electrons. The van der Waals surface area contributed by atoms with Crippen molar-refractivity contribution < 1.29 is 9.90 Å². The van der Waals surface area contributed by atoms with Gasteiger partial charge in [0.1, 0.15) is 6.54 Å². The van der Waals surface area contributed by atoms with Gasteiger partial charge >= 0.3 is 5.97 Å². The number of rotatable bonds is 4. The number of carboxylic acid groups (broad SMARTS) is 1. The van der Waals surface area contributed by atoms with Gasteiger partial charge in [-0.2, -0.15) is 5.10 Å². The fourth-order valence-corrected chi connectivity index (χ4v) is 1.53. The monoisotopic (exact) mass is 231 g/mol. The molecule has 0 bridgehead atoms. The first-order chi connectivity index (χ1) is 8.16. The lowest BCUT2D eigenvalue weighted by Gasteiger charge is -2.13. The zero-order valence-electron chi connectivity index (χ0n) is 9.45. The van der Waals surface area contributed by atoms with E-state index < -0.39 is 5.97 Å². The third kappa shape index (κ3) is 2.63. The highest BCUT2D eigenvalue weighted by molar-refractivity contribution is 5.73. The van der Waals surface area contributed by atoms with Gasteiger partial charge in [0.05, 0.1) is 23.8 Å². The van der Waals surface area contributed by atoms with Crippen LogP contribution < -0.4 is 4.90 Å².